The van der Waals surface area contributed by atoms with Crippen molar-refractivity contribution in [2.75, 3.05) is 10.6 Å². The van der Waals surface area contributed by atoms with E-state index in [4.69, 9.17) is 11.6 Å². The van der Waals surface area contributed by atoms with Gasteiger partial charge in [-0.05, 0) is 56.5 Å². The maximum absolute atomic E-state index is 12.7. The zero-order chi connectivity index (χ0) is 21.8. The lowest BCUT2D eigenvalue weighted by Gasteiger charge is -2.15. The van der Waals surface area contributed by atoms with E-state index < -0.39 is 0 Å². The number of rotatable bonds is 7. The highest BCUT2D eigenvalue weighted by molar-refractivity contribution is 8.00. The summed E-state index contributed by atoms with van der Waals surface area (Å²) < 4.78 is 1.90. The first-order chi connectivity index (χ1) is 14.3. The number of benzene rings is 2. The van der Waals surface area contributed by atoms with Crippen LogP contribution in [0.2, 0.25) is 5.02 Å². The van der Waals surface area contributed by atoms with Crippen LogP contribution < -0.4 is 10.6 Å². The van der Waals surface area contributed by atoms with Gasteiger partial charge in [0.1, 0.15) is 0 Å². The highest BCUT2D eigenvalue weighted by Crippen LogP contribution is 2.25. The summed E-state index contributed by atoms with van der Waals surface area (Å²) in [6, 6.07) is 11.8. The third-order valence-electron chi connectivity index (χ3n) is 4.93. The number of halogens is 1. The van der Waals surface area contributed by atoms with E-state index >= 15 is 0 Å². The van der Waals surface area contributed by atoms with Crippen molar-refractivity contribution in [3.05, 3.63) is 63.9 Å². The molecule has 0 spiro atoms. The largest absolute Gasteiger partial charge is 0.378 e. The highest BCUT2D eigenvalue weighted by Gasteiger charge is 2.20. The number of nitrogens with zero attached hydrogens (tertiary/aromatic N) is 3. The Balaban J connectivity index is 1.62. The Morgan fingerprint density at radius 3 is 2.50 bits per heavy atom. The molecule has 1 amide bonds. The number of aromatic nitrogens is 3. The smallest absolute Gasteiger partial charge is 0.237 e. The van der Waals surface area contributed by atoms with E-state index in [-0.39, 0.29) is 11.2 Å². The van der Waals surface area contributed by atoms with Crippen molar-refractivity contribution < 1.29 is 4.79 Å². The second-order valence-electron chi connectivity index (χ2n) is 7.29. The molecule has 0 saturated heterocycles. The molecule has 0 aliphatic rings. The van der Waals surface area contributed by atoms with Gasteiger partial charge in [0.15, 0.2) is 11.0 Å². The zero-order valence-corrected chi connectivity index (χ0v) is 19.4. The first kappa shape index (κ1) is 22.2. The summed E-state index contributed by atoms with van der Waals surface area (Å²) in [6.45, 7) is 8.32. The first-order valence-electron chi connectivity index (χ1n) is 9.68. The van der Waals surface area contributed by atoms with Gasteiger partial charge in [0.05, 0.1) is 11.8 Å². The van der Waals surface area contributed by atoms with Crippen LogP contribution in [0, 0.1) is 20.8 Å². The molecular weight excluding hydrogens is 418 g/mol. The van der Waals surface area contributed by atoms with Gasteiger partial charge in [-0.15, -0.1) is 10.2 Å². The van der Waals surface area contributed by atoms with Crippen LogP contribution in [-0.2, 0) is 18.4 Å². The predicted octanol–water partition coefficient (Wildman–Crippen LogP) is 5.13. The van der Waals surface area contributed by atoms with Crippen molar-refractivity contribution in [2.24, 2.45) is 7.05 Å². The van der Waals surface area contributed by atoms with Gasteiger partial charge < -0.3 is 15.2 Å². The van der Waals surface area contributed by atoms with Gasteiger partial charge in [-0.1, -0.05) is 47.6 Å². The Morgan fingerprint density at radius 2 is 1.83 bits per heavy atom. The standard InChI is InChI=1S/C22H26ClN5OS/c1-13-9-10-17(11-18(13)23)24-12-19-26-27-22(28(19)5)30-16(4)21(29)25-20-14(2)7-6-8-15(20)3/h6-11,16,24H,12H2,1-5H3,(H,25,29). The Morgan fingerprint density at radius 1 is 1.13 bits per heavy atom. The third-order valence-corrected chi connectivity index (χ3v) is 6.47. The predicted molar refractivity (Wildman–Crippen MR) is 124 cm³/mol. The molecule has 8 heteroatoms. The lowest BCUT2D eigenvalue weighted by Crippen LogP contribution is -2.23. The molecule has 158 valence electrons. The van der Waals surface area contributed by atoms with E-state index in [9.17, 15) is 4.79 Å². The summed E-state index contributed by atoms with van der Waals surface area (Å²) in [7, 11) is 1.90. The fourth-order valence-corrected chi connectivity index (χ4v) is 3.95. The van der Waals surface area contributed by atoms with Crippen LogP contribution >= 0.6 is 23.4 Å². The molecule has 6 nitrogen and oxygen atoms in total. The maximum Gasteiger partial charge on any atom is 0.237 e. The fraction of sp³-hybridized carbons (Fsp3) is 0.318. The first-order valence-corrected chi connectivity index (χ1v) is 10.9. The van der Waals surface area contributed by atoms with Crippen molar-refractivity contribution in [1.82, 2.24) is 14.8 Å². The number of para-hydroxylation sites is 1. The summed E-state index contributed by atoms with van der Waals surface area (Å²) in [6.07, 6.45) is 0. The minimum absolute atomic E-state index is 0.0608. The lowest BCUT2D eigenvalue weighted by molar-refractivity contribution is -0.115. The number of thioether (sulfide) groups is 1. The molecule has 1 aromatic heterocycles. The lowest BCUT2D eigenvalue weighted by atomic mass is 10.1. The van der Waals surface area contributed by atoms with Gasteiger partial charge in [0.2, 0.25) is 5.91 Å². The van der Waals surface area contributed by atoms with Crippen LogP contribution in [0.25, 0.3) is 0 Å². The number of carbonyl (C=O) groups excluding carboxylic acids is 1. The van der Waals surface area contributed by atoms with E-state index in [1.165, 1.54) is 11.8 Å². The summed E-state index contributed by atoms with van der Waals surface area (Å²) in [5, 5.41) is 16.0. The van der Waals surface area contributed by atoms with E-state index in [1.54, 1.807) is 0 Å². The van der Waals surface area contributed by atoms with Crippen LogP contribution in [0.1, 0.15) is 29.4 Å². The number of anilines is 2. The molecule has 0 bridgehead atoms. The van der Waals surface area contributed by atoms with Crippen LogP contribution in [0.5, 0.6) is 0 Å². The quantitative estimate of drug-likeness (QED) is 0.495. The van der Waals surface area contributed by atoms with Crippen LogP contribution in [-0.4, -0.2) is 25.9 Å². The topological polar surface area (TPSA) is 71.8 Å². The zero-order valence-electron chi connectivity index (χ0n) is 17.8. The summed E-state index contributed by atoms with van der Waals surface area (Å²) in [5.41, 5.74) is 4.92. The molecule has 0 fully saturated rings. The van der Waals surface area contributed by atoms with Crippen molar-refractivity contribution in [2.45, 2.75) is 44.6 Å². The van der Waals surface area contributed by atoms with Gasteiger partial charge in [0, 0.05) is 23.4 Å². The van der Waals surface area contributed by atoms with Gasteiger partial charge >= 0.3 is 0 Å². The van der Waals surface area contributed by atoms with Crippen molar-refractivity contribution in [3.63, 3.8) is 0 Å². The molecule has 0 aliphatic heterocycles. The Hall–Kier alpha value is -2.51. The number of nitrogens with one attached hydrogen (secondary N) is 2. The van der Waals surface area contributed by atoms with Crippen molar-refractivity contribution >= 4 is 40.6 Å². The SMILES string of the molecule is Cc1ccc(NCc2nnc(SC(C)C(=O)Nc3c(C)cccc3C)n2C)cc1Cl. The second kappa shape index (κ2) is 9.53. The maximum atomic E-state index is 12.7. The van der Waals surface area contributed by atoms with Crippen LogP contribution in [0.4, 0.5) is 11.4 Å². The fourth-order valence-electron chi connectivity index (χ4n) is 2.93. The van der Waals surface area contributed by atoms with E-state index in [2.05, 4.69) is 20.8 Å². The minimum atomic E-state index is -0.316. The number of hydrogen-bond acceptors (Lipinski definition) is 5. The number of carbonyl (C=O) groups is 1. The second-order valence-corrected chi connectivity index (χ2v) is 9.01. The monoisotopic (exact) mass is 443 g/mol. The van der Waals surface area contributed by atoms with Crippen LogP contribution in [0.3, 0.4) is 0 Å². The molecule has 1 atom stereocenters. The molecule has 2 N–H and O–H groups in total. The summed E-state index contributed by atoms with van der Waals surface area (Å²) in [5.74, 6) is 0.714. The van der Waals surface area contributed by atoms with E-state index in [0.717, 1.165) is 38.9 Å². The molecule has 0 saturated carbocycles. The van der Waals surface area contributed by atoms with Crippen molar-refractivity contribution in [1.29, 1.82) is 0 Å². The normalized spacial score (nSPS) is 11.9. The molecule has 3 rings (SSSR count). The molecule has 0 aliphatic carbocycles. The molecule has 3 aromatic rings. The van der Waals surface area contributed by atoms with Gasteiger partial charge in [-0.25, -0.2) is 0 Å². The summed E-state index contributed by atoms with van der Waals surface area (Å²) >= 11 is 7.57. The molecular formula is C22H26ClN5OS. The molecule has 0 radical (unpaired) electrons. The van der Waals surface area contributed by atoms with Crippen LogP contribution in [0.15, 0.2) is 41.6 Å². The number of amides is 1. The van der Waals surface area contributed by atoms with E-state index in [0.29, 0.717) is 11.7 Å². The third kappa shape index (κ3) is 5.15. The van der Waals surface area contributed by atoms with Gasteiger partial charge in [0.25, 0.3) is 0 Å². The Kier molecular flexibility index (Phi) is 7.05. The summed E-state index contributed by atoms with van der Waals surface area (Å²) in [4.78, 5) is 12.7. The molecule has 1 heterocycles. The number of aryl methyl sites for hydroxylation is 3. The number of hydrogen-bond donors (Lipinski definition) is 2. The average molecular weight is 444 g/mol. The molecule has 2 aromatic carbocycles. The Bertz CT molecular complexity index is 1050. The molecule has 1 unspecified atom stereocenters. The van der Waals surface area contributed by atoms with Gasteiger partial charge in [-0.3, -0.25) is 4.79 Å². The minimum Gasteiger partial charge on any atom is -0.378 e. The highest BCUT2D eigenvalue weighted by atomic mass is 35.5. The molecule has 30 heavy (non-hydrogen) atoms. The average Bonchev–Trinajstić information content (AvgIpc) is 3.05. The Labute approximate surface area is 186 Å². The van der Waals surface area contributed by atoms with E-state index in [1.807, 2.05) is 75.7 Å². The van der Waals surface area contributed by atoms with Crippen molar-refractivity contribution in [3.8, 4) is 0 Å². The van der Waals surface area contributed by atoms with Gasteiger partial charge in [-0.2, -0.15) is 0 Å².